The number of amides is 3. The van der Waals surface area contributed by atoms with E-state index in [9.17, 15) is 19.7 Å². The van der Waals surface area contributed by atoms with Gasteiger partial charge in [-0.25, -0.2) is 4.79 Å². The van der Waals surface area contributed by atoms with E-state index in [-0.39, 0.29) is 5.69 Å². The first-order valence-electron chi connectivity index (χ1n) is 5.21. The molecule has 0 aliphatic carbocycles. The molecule has 1 aromatic rings. The molecule has 3 amide bonds. The number of nitrogens with zero attached hydrogens (tertiary/aromatic N) is 2. The van der Waals surface area contributed by atoms with Gasteiger partial charge in [0.25, 0.3) is 11.6 Å². The van der Waals surface area contributed by atoms with Gasteiger partial charge in [0, 0.05) is 19.2 Å². The summed E-state index contributed by atoms with van der Waals surface area (Å²) in [7, 11) is 1.36. The first kappa shape index (κ1) is 12.0. The highest BCUT2D eigenvalue weighted by molar-refractivity contribution is 6.06. The van der Waals surface area contributed by atoms with Crippen molar-refractivity contribution in [2.45, 2.75) is 12.5 Å². The number of nitrogens with one attached hydrogen (secondary N) is 1. The Labute approximate surface area is 103 Å². The maximum absolute atomic E-state index is 12.0. The largest absolute Gasteiger partial charge is 0.325 e. The van der Waals surface area contributed by atoms with Gasteiger partial charge in [-0.1, -0.05) is 12.1 Å². The van der Waals surface area contributed by atoms with Gasteiger partial charge < -0.3 is 5.32 Å². The molecule has 0 radical (unpaired) electrons. The molecular formula is C11H11N3O4. The third kappa shape index (κ3) is 1.60. The third-order valence-corrected chi connectivity index (χ3v) is 3.03. The van der Waals surface area contributed by atoms with Gasteiger partial charge in [-0.2, -0.15) is 0 Å². The Morgan fingerprint density at radius 3 is 2.56 bits per heavy atom. The smallest absolute Gasteiger partial charge is 0.319 e. The Morgan fingerprint density at radius 2 is 2.06 bits per heavy atom. The van der Waals surface area contributed by atoms with Crippen LogP contribution in [0.25, 0.3) is 0 Å². The SMILES string of the molecule is CN1C(=O)NC(C)(c2cccc([N+](=O)[O-])c2)C1=O. The summed E-state index contributed by atoms with van der Waals surface area (Å²) >= 11 is 0. The molecule has 0 saturated carbocycles. The lowest BCUT2D eigenvalue weighted by Gasteiger charge is -2.21. The van der Waals surface area contributed by atoms with Crippen LogP contribution in [0.5, 0.6) is 0 Å². The molecule has 94 valence electrons. The minimum absolute atomic E-state index is 0.120. The maximum atomic E-state index is 12.0. The molecule has 0 spiro atoms. The van der Waals surface area contributed by atoms with Gasteiger partial charge >= 0.3 is 6.03 Å². The molecule has 1 heterocycles. The van der Waals surface area contributed by atoms with Crippen molar-refractivity contribution in [2.75, 3.05) is 7.05 Å². The van der Waals surface area contributed by atoms with E-state index in [1.807, 2.05) is 0 Å². The second-order valence-electron chi connectivity index (χ2n) is 4.23. The number of imide groups is 1. The van der Waals surface area contributed by atoms with Gasteiger partial charge in [0.05, 0.1) is 4.92 Å². The summed E-state index contributed by atoms with van der Waals surface area (Å²) in [6, 6.07) is 5.16. The molecule has 2 rings (SSSR count). The van der Waals surface area contributed by atoms with Gasteiger partial charge in [0.15, 0.2) is 0 Å². The van der Waals surface area contributed by atoms with Gasteiger partial charge in [0.1, 0.15) is 5.54 Å². The number of hydrogen-bond acceptors (Lipinski definition) is 4. The van der Waals surface area contributed by atoms with Crippen molar-refractivity contribution in [2.24, 2.45) is 0 Å². The first-order valence-corrected chi connectivity index (χ1v) is 5.21. The van der Waals surface area contributed by atoms with Crippen LogP contribution >= 0.6 is 0 Å². The monoisotopic (exact) mass is 249 g/mol. The fraction of sp³-hybridized carbons (Fsp3) is 0.273. The van der Waals surface area contributed by atoms with E-state index in [1.54, 1.807) is 6.07 Å². The molecule has 1 fully saturated rings. The standard InChI is InChI=1S/C11H11N3O4/c1-11(9(15)13(2)10(16)12-11)7-4-3-5-8(6-7)14(17)18/h3-6H,1-2H3,(H,12,16). The van der Waals surface area contributed by atoms with Crippen LogP contribution in [0.15, 0.2) is 24.3 Å². The minimum atomic E-state index is -1.25. The number of hydrogen-bond donors (Lipinski definition) is 1. The molecule has 1 aliphatic heterocycles. The van der Waals surface area contributed by atoms with Crippen LogP contribution in [0.1, 0.15) is 12.5 Å². The first-order chi connectivity index (χ1) is 8.36. The van der Waals surface area contributed by atoms with Gasteiger partial charge in [-0.15, -0.1) is 0 Å². The van der Waals surface area contributed by atoms with E-state index in [1.165, 1.54) is 32.2 Å². The Kier molecular flexibility index (Phi) is 2.54. The van der Waals surface area contributed by atoms with Crippen LogP contribution in [0.4, 0.5) is 10.5 Å². The van der Waals surface area contributed by atoms with Gasteiger partial charge in [-0.3, -0.25) is 19.8 Å². The van der Waals surface area contributed by atoms with Gasteiger partial charge in [0.2, 0.25) is 0 Å². The van der Waals surface area contributed by atoms with Crippen LogP contribution < -0.4 is 5.32 Å². The summed E-state index contributed by atoms with van der Waals surface area (Å²) in [6.07, 6.45) is 0. The predicted octanol–water partition coefficient (Wildman–Crippen LogP) is 0.992. The number of carbonyl (C=O) groups excluding carboxylic acids is 2. The Balaban J connectivity index is 2.49. The molecule has 0 aromatic heterocycles. The van der Waals surface area contributed by atoms with E-state index >= 15 is 0 Å². The number of non-ortho nitro benzene ring substituents is 1. The molecule has 1 N–H and O–H groups in total. The van der Waals surface area contributed by atoms with E-state index in [0.717, 1.165) is 4.90 Å². The van der Waals surface area contributed by atoms with Crippen molar-refractivity contribution in [3.63, 3.8) is 0 Å². The molecule has 7 nitrogen and oxygen atoms in total. The molecule has 1 saturated heterocycles. The Hall–Kier alpha value is -2.44. The highest BCUT2D eigenvalue weighted by Crippen LogP contribution is 2.29. The fourth-order valence-corrected chi connectivity index (χ4v) is 1.90. The summed E-state index contributed by atoms with van der Waals surface area (Å²) in [5.74, 6) is -0.437. The van der Waals surface area contributed by atoms with E-state index in [0.29, 0.717) is 5.56 Å². The maximum Gasteiger partial charge on any atom is 0.325 e. The van der Waals surface area contributed by atoms with Crippen molar-refractivity contribution in [3.8, 4) is 0 Å². The molecular weight excluding hydrogens is 238 g/mol. The van der Waals surface area contributed by atoms with Crippen LogP contribution in [0, 0.1) is 10.1 Å². The number of nitro benzene ring substituents is 1. The third-order valence-electron chi connectivity index (χ3n) is 3.03. The minimum Gasteiger partial charge on any atom is -0.319 e. The zero-order valence-electron chi connectivity index (χ0n) is 9.84. The molecule has 1 atom stereocenters. The average Bonchev–Trinajstić information content (AvgIpc) is 2.55. The number of benzene rings is 1. The summed E-state index contributed by atoms with van der Waals surface area (Å²) in [6.45, 7) is 1.52. The topological polar surface area (TPSA) is 92.6 Å². The predicted molar refractivity (Wildman–Crippen MR) is 61.8 cm³/mol. The quantitative estimate of drug-likeness (QED) is 0.480. The highest BCUT2D eigenvalue weighted by atomic mass is 16.6. The van der Waals surface area contributed by atoms with E-state index in [2.05, 4.69) is 5.32 Å². The van der Waals surface area contributed by atoms with E-state index < -0.39 is 22.4 Å². The van der Waals surface area contributed by atoms with E-state index in [4.69, 9.17) is 0 Å². The average molecular weight is 249 g/mol. The number of rotatable bonds is 2. The van der Waals surface area contributed by atoms with Crippen LogP contribution in [0.3, 0.4) is 0 Å². The Morgan fingerprint density at radius 1 is 1.39 bits per heavy atom. The molecule has 1 unspecified atom stereocenters. The van der Waals surface area contributed by atoms with Crippen LogP contribution in [0.2, 0.25) is 0 Å². The van der Waals surface area contributed by atoms with Crippen molar-refractivity contribution in [3.05, 3.63) is 39.9 Å². The van der Waals surface area contributed by atoms with Crippen molar-refractivity contribution in [1.82, 2.24) is 10.2 Å². The molecule has 1 aliphatic rings. The number of likely N-dealkylation sites (N-methyl/N-ethyl adjacent to an activating group) is 1. The second kappa shape index (κ2) is 3.80. The fourth-order valence-electron chi connectivity index (χ4n) is 1.90. The highest BCUT2D eigenvalue weighted by Gasteiger charge is 2.47. The molecule has 7 heteroatoms. The lowest BCUT2D eigenvalue weighted by atomic mass is 9.92. The van der Waals surface area contributed by atoms with Crippen LogP contribution in [-0.2, 0) is 10.3 Å². The number of carbonyl (C=O) groups is 2. The van der Waals surface area contributed by atoms with Crippen LogP contribution in [-0.4, -0.2) is 28.8 Å². The summed E-state index contributed by atoms with van der Waals surface area (Å²) in [4.78, 5) is 34.6. The molecule has 18 heavy (non-hydrogen) atoms. The zero-order chi connectivity index (χ0) is 13.5. The molecule has 1 aromatic carbocycles. The summed E-state index contributed by atoms with van der Waals surface area (Å²) in [5, 5.41) is 13.2. The summed E-state index contributed by atoms with van der Waals surface area (Å²) in [5.41, 5.74) is -0.984. The molecule has 0 bridgehead atoms. The van der Waals surface area contributed by atoms with Crippen molar-refractivity contribution >= 4 is 17.6 Å². The van der Waals surface area contributed by atoms with Crippen molar-refractivity contribution < 1.29 is 14.5 Å². The lowest BCUT2D eigenvalue weighted by Crippen LogP contribution is -2.40. The van der Waals surface area contributed by atoms with Gasteiger partial charge in [-0.05, 0) is 12.5 Å². The zero-order valence-corrected chi connectivity index (χ0v) is 9.84. The normalized spacial score (nSPS) is 23.1. The second-order valence-corrected chi connectivity index (χ2v) is 4.23. The number of urea groups is 1. The number of nitro groups is 1. The summed E-state index contributed by atoms with van der Waals surface area (Å²) < 4.78 is 0. The lowest BCUT2D eigenvalue weighted by molar-refractivity contribution is -0.385. The Bertz CT molecular complexity index is 557. The van der Waals surface area contributed by atoms with Crippen molar-refractivity contribution in [1.29, 1.82) is 0 Å².